The van der Waals surface area contributed by atoms with Gasteiger partial charge in [-0.15, -0.1) is 0 Å². The third-order valence-electron chi connectivity index (χ3n) is 3.22. The highest BCUT2D eigenvalue weighted by Gasteiger charge is 2.40. The monoisotopic (exact) mass is 153 g/mol. The van der Waals surface area contributed by atoms with Crippen molar-refractivity contribution in [2.45, 2.75) is 38.1 Å². The van der Waals surface area contributed by atoms with E-state index in [9.17, 15) is 4.79 Å². The van der Waals surface area contributed by atoms with Gasteiger partial charge in [-0.3, -0.25) is 9.69 Å². The lowest BCUT2D eigenvalue weighted by atomic mass is 9.77. The fourth-order valence-corrected chi connectivity index (χ4v) is 2.10. The highest BCUT2D eigenvalue weighted by Crippen LogP contribution is 2.38. The first-order valence-corrected chi connectivity index (χ1v) is 4.47. The number of hydrogen-bond acceptors (Lipinski definition) is 2. The third-order valence-corrected chi connectivity index (χ3v) is 3.22. The summed E-state index contributed by atoms with van der Waals surface area (Å²) in [4.78, 5) is 13.4. The average Bonchev–Trinajstić information content (AvgIpc) is 2.31. The summed E-state index contributed by atoms with van der Waals surface area (Å²) < 4.78 is 0. The first kappa shape index (κ1) is 7.29. The smallest absolute Gasteiger partial charge is 0.148 e. The molecule has 1 aliphatic heterocycles. The number of likely N-dealkylation sites (tertiary alicyclic amines) is 1. The Kier molecular flexibility index (Phi) is 1.53. The molecule has 0 radical (unpaired) electrons. The highest BCUT2D eigenvalue weighted by molar-refractivity contribution is 5.82. The van der Waals surface area contributed by atoms with Gasteiger partial charge in [-0.2, -0.15) is 0 Å². The van der Waals surface area contributed by atoms with E-state index in [-0.39, 0.29) is 0 Å². The van der Waals surface area contributed by atoms with E-state index in [1.807, 2.05) is 0 Å². The Morgan fingerprint density at radius 3 is 2.55 bits per heavy atom. The van der Waals surface area contributed by atoms with Gasteiger partial charge >= 0.3 is 0 Å². The van der Waals surface area contributed by atoms with Crippen LogP contribution in [0.4, 0.5) is 0 Å². The summed E-state index contributed by atoms with van der Waals surface area (Å²) in [5, 5.41) is 0. The van der Waals surface area contributed by atoms with Crippen molar-refractivity contribution in [3.05, 3.63) is 0 Å². The second kappa shape index (κ2) is 2.31. The highest BCUT2D eigenvalue weighted by atomic mass is 16.1. The van der Waals surface area contributed by atoms with Gasteiger partial charge in [0.2, 0.25) is 0 Å². The summed E-state index contributed by atoms with van der Waals surface area (Å²) in [6.45, 7) is 4.01. The summed E-state index contributed by atoms with van der Waals surface area (Å²) >= 11 is 0. The molecule has 0 N–H and O–H groups in total. The maximum atomic E-state index is 11.0. The number of carbonyl (C=O) groups is 1. The Bertz CT molecular complexity index is 184. The zero-order chi connectivity index (χ0) is 7.90. The van der Waals surface area contributed by atoms with Gasteiger partial charge in [0.05, 0.1) is 6.54 Å². The van der Waals surface area contributed by atoms with Gasteiger partial charge in [-0.25, -0.2) is 0 Å². The van der Waals surface area contributed by atoms with Gasteiger partial charge in [0.15, 0.2) is 0 Å². The van der Waals surface area contributed by atoms with Gasteiger partial charge in [0.1, 0.15) is 5.78 Å². The van der Waals surface area contributed by atoms with E-state index < -0.39 is 0 Å². The molecule has 1 saturated carbocycles. The van der Waals surface area contributed by atoms with Crippen molar-refractivity contribution in [2.75, 3.05) is 13.1 Å². The molecule has 1 aliphatic carbocycles. The van der Waals surface area contributed by atoms with Crippen molar-refractivity contribution < 1.29 is 4.79 Å². The average molecular weight is 153 g/mol. The molecule has 2 aliphatic rings. The van der Waals surface area contributed by atoms with Gasteiger partial charge in [-0.05, 0) is 26.2 Å². The fraction of sp³-hybridized carbons (Fsp3) is 0.889. The van der Waals surface area contributed by atoms with Gasteiger partial charge in [0.25, 0.3) is 0 Å². The summed E-state index contributed by atoms with van der Waals surface area (Å²) in [6, 6.07) is 0. The number of carbonyl (C=O) groups excluding carboxylic acids is 1. The molecule has 2 nitrogen and oxygen atoms in total. The molecule has 0 aromatic heterocycles. The number of hydrogen-bond donors (Lipinski definition) is 0. The van der Waals surface area contributed by atoms with Crippen molar-refractivity contribution in [3.63, 3.8) is 0 Å². The molecular weight excluding hydrogens is 138 g/mol. The Morgan fingerprint density at radius 2 is 2.18 bits per heavy atom. The standard InChI is InChI=1S/C9H15NO/c1-9(4-2-5-9)10-6-3-8(11)7-10/h2-7H2,1H3. The molecule has 0 aromatic rings. The van der Waals surface area contributed by atoms with Crippen LogP contribution in [-0.4, -0.2) is 29.3 Å². The molecule has 0 bridgehead atoms. The molecule has 1 heterocycles. The lowest BCUT2D eigenvalue weighted by Gasteiger charge is -2.45. The molecule has 2 fully saturated rings. The lowest BCUT2D eigenvalue weighted by molar-refractivity contribution is -0.117. The summed E-state index contributed by atoms with van der Waals surface area (Å²) in [7, 11) is 0. The second-order valence-electron chi connectivity index (χ2n) is 4.06. The molecule has 62 valence electrons. The SMILES string of the molecule is CC1(N2CCC(=O)C2)CCC1. The van der Waals surface area contributed by atoms with Crippen molar-refractivity contribution >= 4 is 5.78 Å². The molecule has 0 unspecified atom stereocenters. The van der Waals surface area contributed by atoms with Crippen LogP contribution in [0.2, 0.25) is 0 Å². The maximum Gasteiger partial charge on any atom is 0.148 e. The molecule has 0 aromatic carbocycles. The van der Waals surface area contributed by atoms with Crippen LogP contribution < -0.4 is 0 Å². The summed E-state index contributed by atoms with van der Waals surface area (Å²) in [5.74, 6) is 0.429. The zero-order valence-corrected chi connectivity index (χ0v) is 7.10. The van der Waals surface area contributed by atoms with Crippen molar-refractivity contribution in [3.8, 4) is 0 Å². The van der Waals surface area contributed by atoms with Crippen molar-refractivity contribution in [1.82, 2.24) is 4.90 Å². The predicted molar refractivity (Wildman–Crippen MR) is 43.5 cm³/mol. The van der Waals surface area contributed by atoms with Crippen LogP contribution in [0, 0.1) is 0 Å². The number of ketones is 1. The van der Waals surface area contributed by atoms with Crippen molar-refractivity contribution in [1.29, 1.82) is 0 Å². The van der Waals surface area contributed by atoms with Crippen LogP contribution in [0.15, 0.2) is 0 Å². The Labute approximate surface area is 67.6 Å². The van der Waals surface area contributed by atoms with Gasteiger partial charge < -0.3 is 0 Å². The quantitative estimate of drug-likeness (QED) is 0.564. The van der Waals surface area contributed by atoms with Crippen LogP contribution >= 0.6 is 0 Å². The predicted octanol–water partition coefficient (Wildman–Crippen LogP) is 1.20. The Hall–Kier alpha value is -0.370. The lowest BCUT2D eigenvalue weighted by Crippen LogP contribution is -2.50. The molecule has 0 amide bonds. The molecule has 11 heavy (non-hydrogen) atoms. The fourth-order valence-electron chi connectivity index (χ4n) is 2.10. The second-order valence-corrected chi connectivity index (χ2v) is 4.06. The molecule has 2 heteroatoms. The third kappa shape index (κ3) is 1.09. The van der Waals surface area contributed by atoms with Crippen LogP contribution in [0.1, 0.15) is 32.6 Å². The van der Waals surface area contributed by atoms with E-state index in [2.05, 4.69) is 11.8 Å². The molecule has 2 rings (SSSR count). The number of Topliss-reactive ketones (excluding diaryl/α,β-unsaturated/α-hetero) is 1. The van der Waals surface area contributed by atoms with E-state index in [1.165, 1.54) is 19.3 Å². The van der Waals surface area contributed by atoms with E-state index in [0.717, 1.165) is 19.5 Å². The number of rotatable bonds is 1. The van der Waals surface area contributed by atoms with Gasteiger partial charge in [0, 0.05) is 18.5 Å². The minimum absolute atomic E-state index is 0.395. The van der Waals surface area contributed by atoms with Gasteiger partial charge in [-0.1, -0.05) is 0 Å². The number of nitrogens with zero attached hydrogens (tertiary/aromatic N) is 1. The maximum absolute atomic E-state index is 11.0. The zero-order valence-electron chi connectivity index (χ0n) is 7.10. The van der Waals surface area contributed by atoms with E-state index in [1.54, 1.807) is 0 Å². The van der Waals surface area contributed by atoms with E-state index in [0.29, 0.717) is 11.3 Å². The largest absolute Gasteiger partial charge is 0.298 e. The summed E-state index contributed by atoms with van der Waals surface area (Å²) in [5.41, 5.74) is 0.395. The molecule has 0 atom stereocenters. The van der Waals surface area contributed by atoms with Crippen LogP contribution in [0.3, 0.4) is 0 Å². The van der Waals surface area contributed by atoms with Crippen LogP contribution in [-0.2, 0) is 4.79 Å². The molecular formula is C9H15NO. The van der Waals surface area contributed by atoms with Crippen LogP contribution in [0.5, 0.6) is 0 Å². The molecule has 1 saturated heterocycles. The normalized spacial score (nSPS) is 30.5. The van der Waals surface area contributed by atoms with E-state index >= 15 is 0 Å². The Morgan fingerprint density at radius 1 is 1.45 bits per heavy atom. The Balaban J connectivity index is 2.00. The summed E-state index contributed by atoms with van der Waals surface area (Å²) in [6.07, 6.45) is 4.72. The first-order valence-electron chi connectivity index (χ1n) is 4.47. The topological polar surface area (TPSA) is 20.3 Å². The van der Waals surface area contributed by atoms with E-state index in [4.69, 9.17) is 0 Å². The minimum Gasteiger partial charge on any atom is -0.298 e. The van der Waals surface area contributed by atoms with Crippen LogP contribution in [0.25, 0.3) is 0 Å². The minimum atomic E-state index is 0.395. The first-order chi connectivity index (χ1) is 5.21. The molecule has 0 spiro atoms. The van der Waals surface area contributed by atoms with Crippen molar-refractivity contribution in [2.24, 2.45) is 0 Å².